The van der Waals surface area contributed by atoms with Gasteiger partial charge < -0.3 is 34.5 Å². The average molecular weight is 860 g/mol. The smallest absolute Gasteiger partial charge is 0.408 e. The van der Waals surface area contributed by atoms with Gasteiger partial charge in [-0.3, -0.25) is 19.1 Å². The number of nitrogens with one attached hydrogen (secondary N) is 3. The van der Waals surface area contributed by atoms with E-state index < -0.39 is 92.0 Å². The number of alkyl carbamates (subject to hydrolysis) is 1. The van der Waals surface area contributed by atoms with Crippen LogP contribution in [0.1, 0.15) is 98.5 Å². The molecule has 7 atom stereocenters. The van der Waals surface area contributed by atoms with Gasteiger partial charge in [-0.2, -0.15) is 4.98 Å². The molecule has 328 valence electrons. The number of sulfonamides is 1. The van der Waals surface area contributed by atoms with Crippen molar-refractivity contribution in [2.24, 2.45) is 5.92 Å². The third kappa shape index (κ3) is 8.50. The predicted molar refractivity (Wildman–Crippen MR) is 215 cm³/mol. The second kappa shape index (κ2) is 16.0. The molecule has 2 aliphatic carbocycles. The Kier molecular flexibility index (Phi) is 11.6. The summed E-state index contributed by atoms with van der Waals surface area (Å²) in [6.07, 6.45) is 3.46. The fraction of sp³-hybridized carbons (Fsp3) is 0.643. The van der Waals surface area contributed by atoms with Crippen molar-refractivity contribution in [1.29, 1.82) is 0 Å². The number of hydrogen-bond acceptors (Lipinski definition) is 11. The topological polar surface area (TPSA) is 192 Å². The summed E-state index contributed by atoms with van der Waals surface area (Å²) in [6, 6.07) is 4.70. The van der Waals surface area contributed by atoms with Crippen molar-refractivity contribution in [3.05, 3.63) is 42.0 Å². The molecule has 4 heterocycles. The number of amides is 4. The molecule has 15 nitrogen and oxygen atoms in total. The molecule has 0 bridgehead atoms. The molecule has 2 aromatic rings. The van der Waals surface area contributed by atoms with Crippen molar-refractivity contribution in [2.45, 2.75) is 152 Å². The second-order valence-electron chi connectivity index (χ2n) is 17.6. The zero-order chi connectivity index (χ0) is 43.4. The molecule has 0 spiro atoms. The van der Waals surface area contributed by atoms with Crippen LogP contribution in [0.4, 0.5) is 13.6 Å². The summed E-state index contributed by atoms with van der Waals surface area (Å²) in [6.45, 7) is 8.07. The molecular formula is C42H55F2N5O10S. The lowest BCUT2D eigenvalue weighted by Crippen LogP contribution is -2.61. The van der Waals surface area contributed by atoms with Crippen LogP contribution < -0.4 is 24.8 Å². The van der Waals surface area contributed by atoms with Crippen LogP contribution in [0.15, 0.2) is 36.4 Å². The van der Waals surface area contributed by atoms with E-state index in [0.29, 0.717) is 50.5 Å². The van der Waals surface area contributed by atoms with Crippen molar-refractivity contribution in [3.63, 3.8) is 0 Å². The number of aryl methyl sites for hydroxylation is 1. The Morgan fingerprint density at radius 2 is 1.85 bits per heavy atom. The highest BCUT2D eigenvalue weighted by atomic mass is 32.2. The van der Waals surface area contributed by atoms with Gasteiger partial charge in [-0.05, 0) is 90.5 Å². The fourth-order valence-corrected chi connectivity index (χ4v) is 9.39. The monoisotopic (exact) mass is 859 g/mol. The van der Waals surface area contributed by atoms with Gasteiger partial charge in [0.25, 0.3) is 11.8 Å². The number of alkyl halides is 2. The molecule has 2 saturated carbocycles. The van der Waals surface area contributed by atoms with E-state index in [1.54, 1.807) is 26.8 Å². The van der Waals surface area contributed by atoms with Crippen LogP contribution in [0.3, 0.4) is 0 Å². The van der Waals surface area contributed by atoms with Gasteiger partial charge in [-0.1, -0.05) is 37.3 Å². The van der Waals surface area contributed by atoms with Crippen molar-refractivity contribution in [1.82, 2.24) is 25.2 Å². The summed E-state index contributed by atoms with van der Waals surface area (Å²) in [7, 11) is -4.07. The van der Waals surface area contributed by atoms with E-state index in [1.807, 2.05) is 30.3 Å². The average Bonchev–Trinajstić information content (AvgIpc) is 4.07. The largest absolute Gasteiger partial charge is 0.477 e. The third-order valence-corrected chi connectivity index (χ3v) is 14.9. The number of pyridine rings is 1. The van der Waals surface area contributed by atoms with Crippen LogP contribution in [-0.4, -0.2) is 107 Å². The van der Waals surface area contributed by atoms with Crippen molar-refractivity contribution in [2.75, 3.05) is 13.2 Å². The number of allylic oxidation sites excluding steroid dienone is 1. The molecule has 60 heavy (non-hydrogen) atoms. The number of nitrogens with zero attached hydrogens (tertiary/aromatic N) is 2. The van der Waals surface area contributed by atoms with E-state index in [2.05, 4.69) is 15.4 Å². The fourth-order valence-electron chi connectivity index (χ4n) is 8.07. The Morgan fingerprint density at radius 3 is 2.53 bits per heavy atom. The Labute approximate surface area is 348 Å². The zero-order valence-electron chi connectivity index (χ0n) is 34.8. The molecule has 1 saturated heterocycles. The first-order chi connectivity index (χ1) is 28.2. The highest BCUT2D eigenvalue weighted by Crippen LogP contribution is 2.48. The number of benzene rings is 1. The van der Waals surface area contributed by atoms with Crippen molar-refractivity contribution in [3.8, 4) is 11.8 Å². The van der Waals surface area contributed by atoms with Gasteiger partial charge >= 0.3 is 6.09 Å². The molecule has 1 aromatic carbocycles. The van der Waals surface area contributed by atoms with Gasteiger partial charge in [0, 0.05) is 30.2 Å². The van der Waals surface area contributed by atoms with Gasteiger partial charge in [0.1, 0.15) is 23.7 Å². The number of hydrogen-bond donors (Lipinski definition) is 3. The summed E-state index contributed by atoms with van der Waals surface area (Å²) in [4.78, 5) is 63.0. The number of carbonyl (C=O) groups excluding carboxylic acids is 4. The molecule has 3 fully saturated rings. The zero-order valence-corrected chi connectivity index (χ0v) is 35.7. The molecule has 4 amide bonds. The third-order valence-electron chi connectivity index (χ3n) is 12.7. The summed E-state index contributed by atoms with van der Waals surface area (Å²) < 4.78 is 80.6. The van der Waals surface area contributed by atoms with Crippen LogP contribution in [0, 0.1) is 5.92 Å². The maximum atomic E-state index is 15.0. The number of fused-ring (bicyclic) bond motifs is 5. The quantitative estimate of drug-likeness (QED) is 0.293. The van der Waals surface area contributed by atoms with Crippen LogP contribution in [0.2, 0.25) is 0 Å². The maximum absolute atomic E-state index is 15.0. The minimum atomic E-state index is -4.07. The molecule has 0 radical (unpaired) electrons. The SMILES string of the molecule is CC[C@@H]1O[C@H](C)CC/C=C\[C@@H]2C[C@@]2(C(=O)NS(=O)(=O)C2(C)CC2)NC(=O)[C@@H]2C[C@@H](Oc3nc4c(c5ccccc35)CCCO4)CN2C(=O)[C@H]1NC(=O)OC(C)(C)C(C)(F)F. The first-order valence-corrected chi connectivity index (χ1v) is 22.3. The highest BCUT2D eigenvalue weighted by molar-refractivity contribution is 7.91. The summed E-state index contributed by atoms with van der Waals surface area (Å²) in [5.41, 5.74) is -2.96. The number of carbonyl (C=O) groups is 4. The molecule has 3 N–H and O–H groups in total. The molecule has 0 unspecified atom stereocenters. The second-order valence-corrected chi connectivity index (χ2v) is 19.8. The van der Waals surface area contributed by atoms with E-state index in [9.17, 15) is 36.4 Å². The summed E-state index contributed by atoms with van der Waals surface area (Å²) >= 11 is 0. The maximum Gasteiger partial charge on any atom is 0.408 e. The van der Waals surface area contributed by atoms with Crippen LogP contribution in [0.5, 0.6) is 11.8 Å². The molecule has 5 aliphatic rings. The molecule has 7 rings (SSSR count). The van der Waals surface area contributed by atoms with Crippen LogP contribution in [0.25, 0.3) is 10.8 Å². The number of halogens is 2. The predicted octanol–water partition coefficient (Wildman–Crippen LogP) is 4.84. The van der Waals surface area contributed by atoms with E-state index in [0.717, 1.165) is 37.6 Å². The van der Waals surface area contributed by atoms with Crippen molar-refractivity contribution < 1.29 is 55.3 Å². The lowest BCUT2D eigenvalue weighted by atomic mass is 10.0. The molecule has 3 aliphatic heterocycles. The number of ether oxygens (including phenoxy) is 4. The van der Waals surface area contributed by atoms with Gasteiger partial charge in [-0.25, -0.2) is 22.0 Å². The van der Waals surface area contributed by atoms with Crippen LogP contribution >= 0.6 is 0 Å². The number of aromatic nitrogens is 1. The Morgan fingerprint density at radius 1 is 1.13 bits per heavy atom. The van der Waals surface area contributed by atoms with Crippen LogP contribution in [-0.2, 0) is 40.3 Å². The first kappa shape index (κ1) is 43.5. The van der Waals surface area contributed by atoms with E-state index in [4.69, 9.17) is 23.9 Å². The summed E-state index contributed by atoms with van der Waals surface area (Å²) in [5, 5.41) is 6.91. The lowest BCUT2D eigenvalue weighted by molar-refractivity contribution is -0.153. The lowest BCUT2D eigenvalue weighted by Gasteiger charge is -2.35. The minimum absolute atomic E-state index is 0.0968. The summed E-state index contributed by atoms with van der Waals surface area (Å²) in [5.74, 6) is -5.77. The van der Waals surface area contributed by atoms with Gasteiger partial charge in [0.2, 0.25) is 33.6 Å². The first-order valence-electron chi connectivity index (χ1n) is 20.8. The van der Waals surface area contributed by atoms with E-state index in [-0.39, 0.29) is 31.7 Å². The Bertz CT molecular complexity index is 2180. The standard InChI is InChI=1S/C42H55F2N5O10S/c1-7-31-32(45-38(53)59-39(3,4)41(6,43)44)36(51)49-23-26(58-35-29-16-11-10-15-27(29)28-17-12-20-56-34(28)46-35)21-30(49)33(50)47-42(22-25(42)14-9-8-13-24(2)57-31)37(52)48-60(54,55)40(5)18-19-40/h9-11,14-16,24-26,30-32H,7-8,12-13,17-23H2,1-6H3,(H,45,53)(H,47,50)(H,48,52)/b14-9-/t24-,25-,26-,30+,31+,32+,42-/m1/s1. The minimum Gasteiger partial charge on any atom is -0.477 e. The molecule has 18 heteroatoms. The van der Waals surface area contributed by atoms with E-state index >= 15 is 0 Å². The Hall–Kier alpha value is -4.58. The Balaban J connectivity index is 1.25. The van der Waals surface area contributed by atoms with Crippen molar-refractivity contribution >= 4 is 44.6 Å². The van der Waals surface area contributed by atoms with Gasteiger partial charge in [0.05, 0.1) is 30.1 Å². The van der Waals surface area contributed by atoms with E-state index in [1.165, 1.54) is 4.90 Å². The normalized spacial score (nSPS) is 29.9. The highest BCUT2D eigenvalue weighted by Gasteiger charge is 2.63. The number of rotatable bonds is 9. The van der Waals surface area contributed by atoms with Gasteiger partial charge in [-0.15, -0.1) is 0 Å². The van der Waals surface area contributed by atoms with Gasteiger partial charge in [0.15, 0.2) is 5.60 Å². The molecule has 1 aromatic heterocycles. The molecular weight excluding hydrogens is 805 g/mol.